The summed E-state index contributed by atoms with van der Waals surface area (Å²) in [5.41, 5.74) is 5.19. The lowest BCUT2D eigenvalue weighted by atomic mass is 10.0. The van der Waals surface area contributed by atoms with Crippen LogP contribution in [0.4, 0.5) is 11.4 Å². The minimum absolute atomic E-state index is 0.00194. The Morgan fingerprint density at radius 1 is 1.65 bits per heavy atom. The van der Waals surface area contributed by atoms with E-state index in [-0.39, 0.29) is 28.9 Å². The molecule has 0 saturated heterocycles. The average molecular weight is 235 g/mol. The number of esters is 1. The molecule has 0 aromatic heterocycles. The molecule has 1 aromatic rings. The van der Waals surface area contributed by atoms with Gasteiger partial charge in [-0.25, -0.2) is 0 Å². The molecule has 0 aliphatic rings. The molecule has 2 N–H and O–H groups in total. The predicted molar refractivity (Wildman–Crippen MR) is 57.9 cm³/mol. The van der Waals surface area contributed by atoms with Crippen LogP contribution < -0.4 is 5.73 Å². The number of rotatable bonds is 3. The van der Waals surface area contributed by atoms with E-state index in [1.165, 1.54) is 6.07 Å². The summed E-state index contributed by atoms with van der Waals surface area (Å²) in [6.45, 7) is 0. The molecule has 0 heterocycles. The van der Waals surface area contributed by atoms with Crippen molar-refractivity contribution in [3.05, 3.63) is 33.4 Å². The lowest BCUT2D eigenvalue weighted by Crippen LogP contribution is -2.09. The van der Waals surface area contributed by atoms with Gasteiger partial charge in [-0.1, -0.05) is 0 Å². The fraction of sp³-hybridized carbons (Fsp3) is 0.200. The Hall–Kier alpha value is -2.62. The molecule has 7 heteroatoms. The van der Waals surface area contributed by atoms with Crippen LogP contribution in [-0.2, 0) is 16.0 Å². The first-order valence-electron chi connectivity index (χ1n) is 4.53. The Balaban J connectivity index is 3.38. The Morgan fingerprint density at radius 2 is 2.29 bits per heavy atom. The number of nitrogen functional groups attached to an aromatic ring is 1. The number of anilines is 1. The van der Waals surface area contributed by atoms with E-state index < -0.39 is 10.9 Å². The number of methoxy groups -OCH3 is 1. The fourth-order valence-corrected chi connectivity index (χ4v) is 1.34. The van der Waals surface area contributed by atoms with Crippen molar-refractivity contribution < 1.29 is 14.5 Å². The van der Waals surface area contributed by atoms with Gasteiger partial charge < -0.3 is 10.5 Å². The number of nitrogens with zero attached hydrogens (tertiary/aromatic N) is 2. The van der Waals surface area contributed by atoms with E-state index in [9.17, 15) is 14.9 Å². The maximum atomic E-state index is 11.1. The van der Waals surface area contributed by atoms with E-state index in [1.54, 1.807) is 6.07 Å². The Morgan fingerprint density at radius 3 is 2.76 bits per heavy atom. The van der Waals surface area contributed by atoms with E-state index in [4.69, 9.17) is 11.0 Å². The summed E-state index contributed by atoms with van der Waals surface area (Å²) in [4.78, 5) is 21.2. The molecule has 0 bridgehead atoms. The molecule has 0 aliphatic carbocycles. The number of hydrogen-bond donors (Lipinski definition) is 1. The molecule has 0 spiro atoms. The molecule has 0 atom stereocenters. The molecular formula is C10H9N3O4. The fourth-order valence-electron chi connectivity index (χ4n) is 1.34. The van der Waals surface area contributed by atoms with Crippen LogP contribution in [0.25, 0.3) is 0 Å². The monoisotopic (exact) mass is 235 g/mol. The molecule has 0 unspecified atom stereocenters. The summed E-state index contributed by atoms with van der Waals surface area (Å²) in [6.07, 6.45) is -0.337. The number of hydrogen-bond acceptors (Lipinski definition) is 6. The second-order valence-corrected chi connectivity index (χ2v) is 3.19. The van der Waals surface area contributed by atoms with Crippen LogP contribution in [0.5, 0.6) is 0 Å². The van der Waals surface area contributed by atoms with Gasteiger partial charge >= 0.3 is 5.97 Å². The Kier molecular flexibility index (Phi) is 3.62. The zero-order valence-electron chi connectivity index (χ0n) is 8.97. The molecule has 1 aromatic carbocycles. The SMILES string of the molecule is COC(=O)Cc1c(C#N)cc(N)cc1[N+](=O)[O-]. The van der Waals surface area contributed by atoms with E-state index in [2.05, 4.69) is 4.74 Å². The molecule has 17 heavy (non-hydrogen) atoms. The minimum Gasteiger partial charge on any atom is -0.469 e. The summed E-state index contributed by atoms with van der Waals surface area (Å²) in [5, 5.41) is 19.7. The molecule has 7 nitrogen and oxygen atoms in total. The van der Waals surface area contributed by atoms with Gasteiger partial charge in [-0.2, -0.15) is 5.26 Å². The maximum Gasteiger partial charge on any atom is 0.310 e. The van der Waals surface area contributed by atoms with Crippen LogP contribution in [0.2, 0.25) is 0 Å². The van der Waals surface area contributed by atoms with Gasteiger partial charge in [0.15, 0.2) is 0 Å². The second-order valence-electron chi connectivity index (χ2n) is 3.19. The van der Waals surface area contributed by atoms with E-state index in [1.807, 2.05) is 0 Å². The molecule has 0 saturated carbocycles. The van der Waals surface area contributed by atoms with E-state index in [0.717, 1.165) is 13.2 Å². The number of nitro groups is 1. The number of nitrogens with two attached hydrogens (primary N) is 1. The molecule has 0 radical (unpaired) electrons. The summed E-state index contributed by atoms with van der Waals surface area (Å²) in [6, 6.07) is 4.16. The largest absolute Gasteiger partial charge is 0.469 e. The van der Waals surface area contributed by atoms with Gasteiger partial charge in [0.2, 0.25) is 0 Å². The third-order valence-electron chi connectivity index (χ3n) is 2.11. The lowest BCUT2D eigenvalue weighted by molar-refractivity contribution is -0.385. The van der Waals surface area contributed by atoms with E-state index in [0.29, 0.717) is 0 Å². The number of nitro benzene ring substituents is 1. The van der Waals surface area contributed by atoms with Crippen LogP contribution in [-0.4, -0.2) is 18.0 Å². The zero-order valence-corrected chi connectivity index (χ0v) is 8.97. The van der Waals surface area contributed by atoms with Gasteiger partial charge in [-0.15, -0.1) is 0 Å². The number of carbonyl (C=O) groups excluding carboxylic acids is 1. The normalized spacial score (nSPS) is 9.41. The molecule has 0 aliphatic heterocycles. The van der Waals surface area contributed by atoms with Crippen LogP contribution >= 0.6 is 0 Å². The van der Waals surface area contributed by atoms with Crippen LogP contribution in [0.3, 0.4) is 0 Å². The second kappa shape index (κ2) is 4.94. The summed E-state index contributed by atoms with van der Waals surface area (Å²) >= 11 is 0. The molecule has 88 valence electrons. The topological polar surface area (TPSA) is 119 Å². The molecule has 1 rings (SSSR count). The van der Waals surface area contributed by atoms with Crippen molar-refractivity contribution in [2.75, 3.05) is 12.8 Å². The molecule has 0 fully saturated rings. The number of carbonyl (C=O) groups is 1. The number of nitriles is 1. The first-order chi connectivity index (χ1) is 7.99. The summed E-state index contributed by atoms with van der Waals surface area (Å²) in [7, 11) is 1.16. The first kappa shape index (κ1) is 12.4. The maximum absolute atomic E-state index is 11.1. The third kappa shape index (κ3) is 2.69. The van der Waals surface area contributed by atoms with Crippen LogP contribution in [0.1, 0.15) is 11.1 Å². The number of ether oxygens (including phenoxy) is 1. The highest BCUT2D eigenvalue weighted by Crippen LogP contribution is 2.26. The highest BCUT2D eigenvalue weighted by Gasteiger charge is 2.21. The van der Waals surface area contributed by atoms with Crippen molar-refractivity contribution in [3.8, 4) is 6.07 Å². The average Bonchev–Trinajstić information content (AvgIpc) is 2.30. The standard InChI is InChI=1S/C10H9N3O4/c1-17-10(14)4-8-6(5-11)2-7(12)3-9(8)13(15)16/h2-3H,4,12H2,1H3. The Bertz CT molecular complexity index is 519. The predicted octanol–water partition coefficient (Wildman–Crippen LogP) is 0.764. The van der Waals surface area contributed by atoms with Crippen molar-refractivity contribution in [1.82, 2.24) is 0 Å². The van der Waals surface area contributed by atoms with Crippen molar-refractivity contribution in [1.29, 1.82) is 5.26 Å². The van der Waals surface area contributed by atoms with Crippen molar-refractivity contribution >= 4 is 17.3 Å². The van der Waals surface area contributed by atoms with Crippen LogP contribution in [0, 0.1) is 21.4 Å². The van der Waals surface area contributed by atoms with E-state index >= 15 is 0 Å². The molecular weight excluding hydrogens is 226 g/mol. The van der Waals surface area contributed by atoms with Gasteiger partial charge in [0.05, 0.1) is 35.7 Å². The van der Waals surface area contributed by atoms with Gasteiger partial charge in [-0.05, 0) is 6.07 Å². The van der Waals surface area contributed by atoms with Gasteiger partial charge in [0.1, 0.15) is 0 Å². The van der Waals surface area contributed by atoms with Gasteiger partial charge in [0.25, 0.3) is 5.69 Å². The smallest absolute Gasteiger partial charge is 0.310 e. The van der Waals surface area contributed by atoms with Crippen LogP contribution in [0.15, 0.2) is 12.1 Å². The van der Waals surface area contributed by atoms with Crippen molar-refractivity contribution in [3.63, 3.8) is 0 Å². The Labute approximate surface area is 96.6 Å². The molecule has 0 amide bonds. The quantitative estimate of drug-likeness (QED) is 0.357. The lowest BCUT2D eigenvalue weighted by Gasteiger charge is -2.05. The van der Waals surface area contributed by atoms with Gasteiger partial charge in [-0.3, -0.25) is 14.9 Å². The highest BCUT2D eigenvalue weighted by atomic mass is 16.6. The minimum atomic E-state index is -0.685. The third-order valence-corrected chi connectivity index (χ3v) is 2.11. The first-order valence-corrected chi connectivity index (χ1v) is 4.53. The van der Waals surface area contributed by atoms with Crippen molar-refractivity contribution in [2.24, 2.45) is 0 Å². The summed E-state index contributed by atoms with van der Waals surface area (Å²) < 4.78 is 4.42. The van der Waals surface area contributed by atoms with Crippen molar-refractivity contribution in [2.45, 2.75) is 6.42 Å². The summed E-state index contributed by atoms with van der Waals surface area (Å²) in [5.74, 6) is -0.658. The zero-order chi connectivity index (χ0) is 13.0. The highest BCUT2D eigenvalue weighted by molar-refractivity contribution is 5.76. The van der Waals surface area contributed by atoms with Gasteiger partial charge in [0, 0.05) is 11.8 Å². The number of benzene rings is 1.